The van der Waals surface area contributed by atoms with E-state index in [1.54, 1.807) is 12.1 Å². The highest BCUT2D eigenvalue weighted by atomic mass is 35.5. The van der Waals surface area contributed by atoms with Crippen LogP contribution in [0.3, 0.4) is 0 Å². The molecule has 2 heterocycles. The number of carboxylic acids is 1. The Morgan fingerprint density at radius 1 is 1.25 bits per heavy atom. The van der Waals surface area contributed by atoms with E-state index in [0.717, 1.165) is 37.7 Å². The van der Waals surface area contributed by atoms with Crippen LogP contribution in [0.1, 0.15) is 50.5 Å². The number of carbonyl (C=O) groups excluding carboxylic acids is 2. The molecule has 1 aliphatic carbocycles. The summed E-state index contributed by atoms with van der Waals surface area (Å²) in [7, 11) is 0. The summed E-state index contributed by atoms with van der Waals surface area (Å²) >= 11 is 6.30. The van der Waals surface area contributed by atoms with Gasteiger partial charge in [0.2, 0.25) is 17.8 Å². The lowest BCUT2D eigenvalue weighted by atomic mass is 9.94. The molecule has 1 aromatic carbocycles. The summed E-state index contributed by atoms with van der Waals surface area (Å²) in [4.78, 5) is 43.5. The van der Waals surface area contributed by atoms with E-state index in [1.807, 2.05) is 4.90 Å². The molecule has 2 N–H and O–H groups in total. The van der Waals surface area contributed by atoms with Gasteiger partial charge < -0.3 is 19.6 Å². The fourth-order valence-electron chi connectivity index (χ4n) is 4.52. The predicted molar refractivity (Wildman–Crippen MR) is 118 cm³/mol. The van der Waals surface area contributed by atoms with Crippen molar-refractivity contribution in [1.82, 2.24) is 15.1 Å². The second kappa shape index (κ2) is 9.77. The molecule has 2 aliphatic heterocycles. The zero-order chi connectivity index (χ0) is 22.7. The van der Waals surface area contributed by atoms with E-state index in [4.69, 9.17) is 16.3 Å². The number of amides is 2. The van der Waals surface area contributed by atoms with Gasteiger partial charge in [-0.25, -0.2) is 4.99 Å². The smallest absolute Gasteiger partial charge is 0.323 e. The minimum Gasteiger partial charge on any atom is -0.493 e. The number of rotatable bonds is 8. The number of ether oxygens (including phenoxy) is 1. The van der Waals surface area contributed by atoms with Gasteiger partial charge in [0.1, 0.15) is 18.8 Å². The first-order valence-electron chi connectivity index (χ1n) is 11.0. The van der Waals surface area contributed by atoms with Crippen molar-refractivity contribution in [3.05, 3.63) is 22.7 Å². The lowest BCUT2D eigenvalue weighted by molar-refractivity contribution is -0.146. The summed E-state index contributed by atoms with van der Waals surface area (Å²) in [6, 6.07) is 3.49. The van der Waals surface area contributed by atoms with Gasteiger partial charge in [0, 0.05) is 18.0 Å². The number of carboxylic acid groups (broad SMARTS) is 1. The lowest BCUT2D eigenvalue weighted by Crippen LogP contribution is -2.44. The number of benzene rings is 1. The Kier molecular flexibility index (Phi) is 6.83. The summed E-state index contributed by atoms with van der Waals surface area (Å²) in [5.74, 6) is -0.126. The molecule has 0 unspecified atom stereocenters. The molecule has 2 amide bonds. The van der Waals surface area contributed by atoms with Gasteiger partial charge in [0.05, 0.1) is 23.9 Å². The molecule has 4 rings (SSSR count). The molecular formula is C22H27ClN4O5. The summed E-state index contributed by atoms with van der Waals surface area (Å²) in [5, 5.41) is 12.4. The Hall–Kier alpha value is -2.81. The second-order valence-corrected chi connectivity index (χ2v) is 8.78. The molecule has 1 aromatic rings. The largest absolute Gasteiger partial charge is 0.493 e. The molecule has 0 atom stereocenters. The van der Waals surface area contributed by atoms with Crippen molar-refractivity contribution in [1.29, 1.82) is 0 Å². The van der Waals surface area contributed by atoms with Crippen LogP contribution in [-0.4, -0.2) is 64.4 Å². The van der Waals surface area contributed by atoms with E-state index in [1.165, 1.54) is 4.90 Å². The summed E-state index contributed by atoms with van der Waals surface area (Å²) in [5.41, 5.74) is 1.39. The third-order valence-electron chi connectivity index (χ3n) is 6.08. The molecule has 2 fully saturated rings. The molecule has 0 bridgehead atoms. The maximum absolute atomic E-state index is 12.7. The summed E-state index contributed by atoms with van der Waals surface area (Å²) in [6.45, 7) is 0.742. The van der Waals surface area contributed by atoms with Crippen molar-refractivity contribution in [2.45, 2.75) is 57.5 Å². The summed E-state index contributed by atoms with van der Waals surface area (Å²) < 4.78 is 5.94. The van der Waals surface area contributed by atoms with Gasteiger partial charge in [-0.3, -0.25) is 19.7 Å². The number of aliphatic imine (C=N–C) groups is 1. The number of aliphatic carboxylic acids is 1. The molecule has 3 aliphatic rings. The average molecular weight is 463 g/mol. The minimum atomic E-state index is -0.984. The Morgan fingerprint density at radius 3 is 2.78 bits per heavy atom. The normalized spacial score (nSPS) is 17.8. The van der Waals surface area contributed by atoms with Crippen LogP contribution in [0.4, 0.5) is 5.69 Å². The van der Waals surface area contributed by atoms with Crippen LogP contribution in [0, 0.1) is 0 Å². The molecule has 0 radical (unpaired) electrons. The van der Waals surface area contributed by atoms with E-state index in [-0.39, 0.29) is 37.4 Å². The van der Waals surface area contributed by atoms with Gasteiger partial charge in [0.15, 0.2) is 0 Å². The molecule has 0 spiro atoms. The topological polar surface area (TPSA) is 112 Å². The highest BCUT2D eigenvalue weighted by molar-refractivity contribution is 6.33. The van der Waals surface area contributed by atoms with Gasteiger partial charge in [-0.2, -0.15) is 0 Å². The number of carbonyl (C=O) groups is 3. The highest BCUT2D eigenvalue weighted by Gasteiger charge is 2.32. The number of fused-ring (bicyclic) bond motifs is 2. The van der Waals surface area contributed by atoms with Crippen molar-refractivity contribution in [3.63, 3.8) is 0 Å². The molecule has 10 heteroatoms. The quantitative estimate of drug-likeness (QED) is 0.574. The first-order chi connectivity index (χ1) is 15.4. The number of guanidine groups is 1. The molecule has 0 aromatic heterocycles. The van der Waals surface area contributed by atoms with Crippen LogP contribution in [0.15, 0.2) is 17.1 Å². The second-order valence-electron chi connectivity index (χ2n) is 8.37. The number of hydrogen-bond acceptors (Lipinski definition) is 6. The molecular weight excluding hydrogens is 436 g/mol. The van der Waals surface area contributed by atoms with E-state index >= 15 is 0 Å². The van der Waals surface area contributed by atoms with Crippen LogP contribution < -0.4 is 10.1 Å². The molecule has 32 heavy (non-hydrogen) atoms. The summed E-state index contributed by atoms with van der Waals surface area (Å²) in [6.07, 6.45) is 5.62. The van der Waals surface area contributed by atoms with Crippen LogP contribution in [0.5, 0.6) is 5.75 Å². The minimum absolute atomic E-state index is 0.0143. The van der Waals surface area contributed by atoms with E-state index in [2.05, 4.69) is 10.3 Å². The zero-order valence-electron chi connectivity index (χ0n) is 17.8. The monoisotopic (exact) mass is 462 g/mol. The van der Waals surface area contributed by atoms with Gasteiger partial charge in [-0.15, -0.1) is 0 Å². The molecule has 172 valence electrons. The number of nitrogens with zero attached hydrogens (tertiary/aromatic N) is 3. The molecule has 1 saturated carbocycles. The Labute approximate surface area is 191 Å². The highest BCUT2D eigenvalue weighted by Crippen LogP contribution is 2.39. The third-order valence-corrected chi connectivity index (χ3v) is 6.38. The van der Waals surface area contributed by atoms with E-state index in [9.17, 15) is 19.5 Å². The SMILES string of the molecule is O=C(O)CN(C(=O)CCCOc1ccc(Cl)c2c1CN1CC(=O)NC1=N2)C1CCCCC1. The third kappa shape index (κ3) is 4.98. The number of hydrogen-bond donors (Lipinski definition) is 2. The fourth-order valence-corrected chi connectivity index (χ4v) is 4.74. The van der Waals surface area contributed by atoms with Crippen LogP contribution in [0.2, 0.25) is 5.02 Å². The predicted octanol–water partition coefficient (Wildman–Crippen LogP) is 2.68. The molecule has 1 saturated heterocycles. The zero-order valence-corrected chi connectivity index (χ0v) is 18.6. The van der Waals surface area contributed by atoms with Crippen molar-refractivity contribution in [3.8, 4) is 5.75 Å². The van der Waals surface area contributed by atoms with Crippen LogP contribution in [-0.2, 0) is 20.9 Å². The number of nitrogens with one attached hydrogen (secondary N) is 1. The van der Waals surface area contributed by atoms with E-state index < -0.39 is 5.97 Å². The van der Waals surface area contributed by atoms with Gasteiger partial charge in [0.25, 0.3) is 0 Å². The molecule has 9 nitrogen and oxygen atoms in total. The van der Waals surface area contributed by atoms with Crippen molar-refractivity contribution in [2.75, 3.05) is 19.7 Å². The lowest BCUT2D eigenvalue weighted by Gasteiger charge is -2.33. The van der Waals surface area contributed by atoms with Crippen LogP contribution in [0.25, 0.3) is 0 Å². The number of halogens is 1. The first-order valence-corrected chi connectivity index (χ1v) is 11.4. The van der Waals surface area contributed by atoms with Gasteiger partial charge >= 0.3 is 5.97 Å². The van der Waals surface area contributed by atoms with Crippen LogP contribution >= 0.6 is 11.6 Å². The Bertz CT molecular complexity index is 944. The standard InChI is InChI=1S/C22H27ClN4O5/c23-16-8-9-17(15-11-26-12-18(28)24-22(26)25-21(15)16)32-10-4-7-19(29)27(13-20(30)31)14-5-2-1-3-6-14/h8-9,14H,1-7,10-13H2,(H,30,31)(H,24,25,28). The Balaban J connectivity index is 1.35. The first kappa shape index (κ1) is 22.4. The van der Waals surface area contributed by atoms with Crippen molar-refractivity contribution >= 4 is 41.0 Å². The average Bonchev–Trinajstić information content (AvgIpc) is 3.14. The van der Waals surface area contributed by atoms with Gasteiger partial charge in [-0.1, -0.05) is 30.9 Å². The fraction of sp³-hybridized carbons (Fsp3) is 0.545. The Morgan fingerprint density at radius 2 is 2.03 bits per heavy atom. The maximum atomic E-state index is 12.7. The van der Waals surface area contributed by atoms with Crippen molar-refractivity contribution in [2.24, 2.45) is 4.99 Å². The maximum Gasteiger partial charge on any atom is 0.323 e. The van der Waals surface area contributed by atoms with Gasteiger partial charge in [-0.05, 0) is 31.4 Å². The van der Waals surface area contributed by atoms with Crippen molar-refractivity contribution < 1.29 is 24.2 Å². The van der Waals surface area contributed by atoms with E-state index in [0.29, 0.717) is 42.0 Å².